The van der Waals surface area contributed by atoms with Gasteiger partial charge in [-0.05, 0) is 63.0 Å². The number of benzene rings is 2. The molecule has 156 valence electrons. The van der Waals surface area contributed by atoms with Crippen molar-refractivity contribution in [2.45, 2.75) is 12.5 Å². The van der Waals surface area contributed by atoms with E-state index in [9.17, 15) is 9.59 Å². The summed E-state index contributed by atoms with van der Waals surface area (Å²) in [6, 6.07) is 11.8. The molecule has 6 nitrogen and oxygen atoms in total. The van der Waals surface area contributed by atoms with E-state index in [0.29, 0.717) is 33.8 Å². The van der Waals surface area contributed by atoms with Crippen LogP contribution >= 0.6 is 11.6 Å². The first kappa shape index (κ1) is 20.4. The fraction of sp³-hybridized carbons (Fsp3) is 0.304. The molecule has 2 aromatic carbocycles. The number of rotatable bonds is 6. The van der Waals surface area contributed by atoms with Gasteiger partial charge in [0, 0.05) is 11.6 Å². The molecule has 0 N–H and O–H groups in total. The molecule has 0 saturated carbocycles. The molecule has 0 unspecified atom stereocenters. The summed E-state index contributed by atoms with van der Waals surface area (Å²) in [7, 11) is 5.56. The summed E-state index contributed by atoms with van der Waals surface area (Å²) >= 11 is 6.11. The summed E-state index contributed by atoms with van der Waals surface area (Å²) in [6.07, 6.45) is 0.771. The van der Waals surface area contributed by atoms with Gasteiger partial charge < -0.3 is 19.0 Å². The molecule has 0 spiro atoms. The molecule has 0 aliphatic carbocycles. The molecule has 1 aliphatic rings. The van der Waals surface area contributed by atoms with E-state index in [-0.39, 0.29) is 17.1 Å². The molecule has 0 fully saturated rings. The Bertz CT molecular complexity index is 1170. The van der Waals surface area contributed by atoms with E-state index in [2.05, 4.69) is 4.90 Å². The molecule has 0 bridgehead atoms. The van der Waals surface area contributed by atoms with Gasteiger partial charge in [-0.15, -0.1) is 0 Å². The maximum atomic E-state index is 13.4. The number of methoxy groups -OCH3 is 1. The Morgan fingerprint density at radius 2 is 1.97 bits per heavy atom. The molecule has 7 heteroatoms. The van der Waals surface area contributed by atoms with Gasteiger partial charge >= 0.3 is 0 Å². The molecule has 1 amide bonds. The molecule has 4 rings (SSSR count). The second-order valence-electron chi connectivity index (χ2n) is 7.65. The third-order valence-electron chi connectivity index (χ3n) is 5.34. The number of amides is 1. The van der Waals surface area contributed by atoms with Crippen LogP contribution in [0.5, 0.6) is 5.75 Å². The van der Waals surface area contributed by atoms with Gasteiger partial charge in [0.1, 0.15) is 11.3 Å². The summed E-state index contributed by atoms with van der Waals surface area (Å²) < 4.78 is 11.3. The first-order valence-corrected chi connectivity index (χ1v) is 10.1. The summed E-state index contributed by atoms with van der Waals surface area (Å²) in [5, 5.41) is 0.817. The van der Waals surface area contributed by atoms with E-state index < -0.39 is 6.04 Å². The number of halogens is 1. The Morgan fingerprint density at radius 1 is 1.17 bits per heavy atom. The topological polar surface area (TPSA) is 63.0 Å². The van der Waals surface area contributed by atoms with E-state index in [0.717, 1.165) is 18.5 Å². The van der Waals surface area contributed by atoms with Crippen molar-refractivity contribution >= 4 is 28.5 Å². The van der Waals surface area contributed by atoms with E-state index in [1.165, 1.54) is 0 Å². The first-order valence-electron chi connectivity index (χ1n) is 9.76. The number of nitrogens with zero attached hydrogens (tertiary/aromatic N) is 2. The van der Waals surface area contributed by atoms with Gasteiger partial charge in [-0.1, -0.05) is 23.7 Å². The number of hydrogen-bond donors (Lipinski definition) is 0. The number of carbonyl (C=O) groups is 1. The molecule has 30 heavy (non-hydrogen) atoms. The smallest absolute Gasteiger partial charge is 0.290 e. The highest BCUT2D eigenvalue weighted by molar-refractivity contribution is 6.31. The van der Waals surface area contributed by atoms with Crippen LogP contribution in [0.2, 0.25) is 5.02 Å². The molecule has 2 heterocycles. The van der Waals surface area contributed by atoms with E-state index in [1.54, 1.807) is 30.2 Å². The Labute approximate surface area is 179 Å². The van der Waals surface area contributed by atoms with E-state index in [1.807, 2.05) is 38.4 Å². The summed E-state index contributed by atoms with van der Waals surface area (Å²) in [6.45, 7) is 1.32. The summed E-state index contributed by atoms with van der Waals surface area (Å²) in [4.78, 5) is 30.5. The lowest BCUT2D eigenvalue weighted by Crippen LogP contribution is -2.32. The van der Waals surface area contributed by atoms with Crippen molar-refractivity contribution in [1.82, 2.24) is 9.80 Å². The highest BCUT2D eigenvalue weighted by Gasteiger charge is 2.42. The standard InChI is InChI=1S/C23H23ClN2O4/c1-25(2)10-5-11-26-20(14-6-4-7-16(12-14)29-3)19-21(27)17-13-15(24)8-9-18(17)30-22(19)23(26)28/h4,6-9,12-13,20H,5,10-11H2,1-3H3/t20-/m1/s1. The van der Waals surface area contributed by atoms with Crippen LogP contribution < -0.4 is 10.2 Å². The molecule has 1 aliphatic heterocycles. The number of carbonyl (C=O) groups excluding carboxylic acids is 1. The van der Waals surface area contributed by atoms with E-state index >= 15 is 0 Å². The Balaban J connectivity index is 1.89. The van der Waals surface area contributed by atoms with Crippen LogP contribution in [0, 0.1) is 0 Å². The lowest BCUT2D eigenvalue weighted by atomic mass is 9.98. The van der Waals surface area contributed by atoms with Gasteiger partial charge in [0.2, 0.25) is 5.76 Å². The summed E-state index contributed by atoms with van der Waals surface area (Å²) in [5.41, 5.74) is 1.29. The fourth-order valence-corrected chi connectivity index (χ4v) is 4.11. The summed E-state index contributed by atoms with van der Waals surface area (Å²) in [5.74, 6) is 0.493. The van der Waals surface area contributed by atoms with Crippen molar-refractivity contribution in [2.75, 3.05) is 34.3 Å². The van der Waals surface area contributed by atoms with Crippen molar-refractivity contribution in [3.63, 3.8) is 0 Å². The average molecular weight is 427 g/mol. The molecule has 0 saturated heterocycles. The minimum atomic E-state index is -0.538. The van der Waals surface area contributed by atoms with Crippen LogP contribution in [-0.2, 0) is 0 Å². The maximum absolute atomic E-state index is 13.4. The zero-order valence-corrected chi connectivity index (χ0v) is 17.9. The van der Waals surface area contributed by atoms with Gasteiger partial charge in [-0.25, -0.2) is 0 Å². The Hall–Kier alpha value is -2.83. The minimum Gasteiger partial charge on any atom is -0.497 e. The maximum Gasteiger partial charge on any atom is 0.290 e. The minimum absolute atomic E-state index is 0.104. The second kappa shape index (κ2) is 8.13. The lowest BCUT2D eigenvalue weighted by molar-refractivity contribution is 0.0722. The van der Waals surface area contributed by atoms with Gasteiger partial charge in [-0.2, -0.15) is 0 Å². The van der Waals surface area contributed by atoms with Gasteiger partial charge in [0.15, 0.2) is 5.43 Å². The van der Waals surface area contributed by atoms with Crippen molar-refractivity contribution in [1.29, 1.82) is 0 Å². The lowest BCUT2D eigenvalue weighted by Gasteiger charge is -2.26. The predicted octanol–water partition coefficient (Wildman–Crippen LogP) is 3.95. The number of hydrogen-bond acceptors (Lipinski definition) is 5. The molecule has 1 aromatic heterocycles. The number of ether oxygens (including phenoxy) is 1. The predicted molar refractivity (Wildman–Crippen MR) is 117 cm³/mol. The van der Waals surface area contributed by atoms with Crippen molar-refractivity contribution in [3.8, 4) is 5.75 Å². The van der Waals surface area contributed by atoms with Crippen molar-refractivity contribution < 1.29 is 13.9 Å². The third-order valence-corrected chi connectivity index (χ3v) is 5.58. The molecule has 0 radical (unpaired) electrons. The van der Waals surface area contributed by atoms with Crippen LogP contribution in [0.15, 0.2) is 51.7 Å². The van der Waals surface area contributed by atoms with Gasteiger partial charge in [0.05, 0.1) is 24.1 Å². The fourth-order valence-electron chi connectivity index (χ4n) is 3.94. The molecule has 3 aromatic rings. The first-order chi connectivity index (χ1) is 14.4. The van der Waals surface area contributed by atoms with Crippen LogP contribution in [0.4, 0.5) is 0 Å². The Morgan fingerprint density at radius 3 is 2.70 bits per heavy atom. The zero-order valence-electron chi connectivity index (χ0n) is 17.1. The van der Waals surface area contributed by atoms with Crippen LogP contribution in [0.1, 0.15) is 34.1 Å². The van der Waals surface area contributed by atoms with Crippen molar-refractivity contribution in [2.24, 2.45) is 0 Å². The molecular formula is C23H23ClN2O4. The average Bonchev–Trinajstić information content (AvgIpc) is 3.01. The third kappa shape index (κ3) is 3.57. The highest BCUT2D eigenvalue weighted by atomic mass is 35.5. The second-order valence-corrected chi connectivity index (χ2v) is 8.09. The van der Waals surface area contributed by atoms with Gasteiger partial charge in [-0.3, -0.25) is 9.59 Å². The monoisotopic (exact) mass is 426 g/mol. The molecular weight excluding hydrogens is 404 g/mol. The van der Waals surface area contributed by atoms with Crippen molar-refractivity contribution in [3.05, 3.63) is 74.6 Å². The normalized spacial score (nSPS) is 15.8. The SMILES string of the molecule is COc1cccc([C@@H]2c3c(oc4ccc(Cl)cc4c3=O)C(=O)N2CCCN(C)C)c1. The van der Waals surface area contributed by atoms with Gasteiger partial charge in [0.25, 0.3) is 5.91 Å². The zero-order chi connectivity index (χ0) is 21.4. The quantitative estimate of drug-likeness (QED) is 0.597. The van der Waals surface area contributed by atoms with Crippen LogP contribution in [0.3, 0.4) is 0 Å². The van der Waals surface area contributed by atoms with Crippen LogP contribution in [0.25, 0.3) is 11.0 Å². The van der Waals surface area contributed by atoms with E-state index in [4.69, 9.17) is 20.8 Å². The molecule has 1 atom stereocenters. The largest absolute Gasteiger partial charge is 0.497 e. The van der Waals surface area contributed by atoms with Crippen LogP contribution in [-0.4, -0.2) is 50.0 Å². The highest BCUT2D eigenvalue weighted by Crippen LogP contribution is 2.39. The number of fused-ring (bicyclic) bond motifs is 2. The Kier molecular flexibility index (Phi) is 5.54.